The van der Waals surface area contributed by atoms with E-state index in [4.69, 9.17) is 16.3 Å². The smallest absolute Gasteiger partial charge is 0.166 e. The van der Waals surface area contributed by atoms with Gasteiger partial charge in [0, 0.05) is 0 Å². The highest BCUT2D eigenvalue weighted by Gasteiger charge is 2.52. The van der Waals surface area contributed by atoms with Crippen LogP contribution in [0.2, 0.25) is 5.15 Å². The summed E-state index contributed by atoms with van der Waals surface area (Å²) >= 11 is 5.99. The minimum atomic E-state index is -0.889. The second kappa shape index (κ2) is 5.03. The highest BCUT2D eigenvalue weighted by molar-refractivity contribution is 6.33. The molecule has 0 spiro atoms. The molecule has 0 bridgehead atoms. The minimum absolute atomic E-state index is 0.247. The van der Waals surface area contributed by atoms with E-state index in [-0.39, 0.29) is 11.8 Å². The van der Waals surface area contributed by atoms with Crippen molar-refractivity contribution < 1.29 is 14.9 Å². The molecule has 7 nitrogen and oxygen atoms in total. The Morgan fingerprint density at radius 1 is 1.52 bits per heavy atom. The topological polar surface area (TPSA) is 93.3 Å². The molecule has 1 fully saturated rings. The van der Waals surface area contributed by atoms with Crippen LogP contribution in [-0.4, -0.2) is 48.5 Å². The number of fused-ring (bicyclic) bond motifs is 1. The largest absolute Gasteiger partial charge is 0.394 e. The van der Waals surface area contributed by atoms with Gasteiger partial charge in [0.15, 0.2) is 10.8 Å². The molecule has 0 amide bonds. The quantitative estimate of drug-likeness (QED) is 0.647. The summed E-state index contributed by atoms with van der Waals surface area (Å²) < 4.78 is 7.44. The van der Waals surface area contributed by atoms with Gasteiger partial charge in [0.25, 0.3) is 0 Å². The number of aliphatic hydroxyl groups is 2. The van der Waals surface area contributed by atoms with E-state index in [1.165, 1.54) is 12.7 Å². The average molecular weight is 311 g/mol. The molecule has 0 radical (unpaired) electrons. The Morgan fingerprint density at radius 2 is 2.29 bits per heavy atom. The van der Waals surface area contributed by atoms with Crippen molar-refractivity contribution in [1.82, 2.24) is 19.5 Å². The Morgan fingerprint density at radius 3 is 2.95 bits per heavy atom. The Bertz CT molecular complexity index is 691. The van der Waals surface area contributed by atoms with Gasteiger partial charge in [-0.3, -0.25) is 4.57 Å². The molecule has 2 unspecified atom stereocenters. The number of hydrogen-bond acceptors (Lipinski definition) is 6. The summed E-state index contributed by atoms with van der Waals surface area (Å²) in [6.45, 7) is 5.29. The first-order chi connectivity index (χ1) is 10.0. The lowest BCUT2D eigenvalue weighted by Crippen LogP contribution is -2.36. The van der Waals surface area contributed by atoms with Gasteiger partial charge in [-0.1, -0.05) is 17.7 Å². The van der Waals surface area contributed by atoms with E-state index in [1.807, 2.05) is 0 Å². The Balaban J connectivity index is 2.13. The fourth-order valence-corrected chi connectivity index (χ4v) is 2.83. The molecule has 0 saturated carbocycles. The average Bonchev–Trinajstić information content (AvgIpc) is 3.01. The second-order valence-corrected chi connectivity index (χ2v) is 5.57. The molecule has 8 heteroatoms. The third-order valence-corrected chi connectivity index (χ3v) is 4.29. The van der Waals surface area contributed by atoms with Gasteiger partial charge >= 0.3 is 0 Å². The molecule has 2 aromatic rings. The molecule has 1 aliphatic heterocycles. The van der Waals surface area contributed by atoms with Crippen molar-refractivity contribution in [3.05, 3.63) is 30.5 Å². The Kier molecular flexibility index (Phi) is 3.45. The fourth-order valence-electron chi connectivity index (χ4n) is 2.66. The predicted molar refractivity (Wildman–Crippen MR) is 75.6 cm³/mol. The number of imidazole rings is 1. The summed E-state index contributed by atoms with van der Waals surface area (Å²) in [4.78, 5) is 12.2. The van der Waals surface area contributed by atoms with Crippen molar-refractivity contribution in [2.24, 2.45) is 5.41 Å². The van der Waals surface area contributed by atoms with Crippen LogP contribution in [0.5, 0.6) is 0 Å². The molecular weight excluding hydrogens is 296 g/mol. The monoisotopic (exact) mass is 310 g/mol. The van der Waals surface area contributed by atoms with Gasteiger partial charge in [-0.15, -0.1) is 6.58 Å². The lowest BCUT2D eigenvalue weighted by Gasteiger charge is -2.29. The van der Waals surface area contributed by atoms with Crippen molar-refractivity contribution in [3.8, 4) is 0 Å². The number of halogens is 1. The molecule has 3 heterocycles. The SMILES string of the molecule is C=CC1(C)C(O)[C@@H](CO)O[C@H]1n1cnc2c(Cl)ncnc21. The van der Waals surface area contributed by atoms with Crippen LogP contribution in [0.25, 0.3) is 11.2 Å². The van der Waals surface area contributed by atoms with E-state index in [9.17, 15) is 10.2 Å². The van der Waals surface area contributed by atoms with E-state index < -0.39 is 23.9 Å². The van der Waals surface area contributed by atoms with Crippen LogP contribution in [0.4, 0.5) is 0 Å². The minimum Gasteiger partial charge on any atom is -0.394 e. The van der Waals surface area contributed by atoms with Crippen LogP contribution in [0.15, 0.2) is 25.3 Å². The molecule has 0 aliphatic carbocycles. The maximum absolute atomic E-state index is 10.4. The molecule has 21 heavy (non-hydrogen) atoms. The normalized spacial score (nSPS) is 32.7. The van der Waals surface area contributed by atoms with Crippen molar-refractivity contribution in [3.63, 3.8) is 0 Å². The van der Waals surface area contributed by atoms with E-state index in [0.29, 0.717) is 11.2 Å². The number of hydrogen-bond donors (Lipinski definition) is 2. The molecule has 1 saturated heterocycles. The van der Waals surface area contributed by atoms with E-state index in [2.05, 4.69) is 21.5 Å². The van der Waals surface area contributed by atoms with Gasteiger partial charge in [-0.25, -0.2) is 15.0 Å². The van der Waals surface area contributed by atoms with Crippen LogP contribution >= 0.6 is 11.6 Å². The first kappa shape index (κ1) is 14.4. The Hall–Kier alpha value is -1.54. The molecule has 3 rings (SSSR count). The molecule has 2 N–H and O–H groups in total. The van der Waals surface area contributed by atoms with Crippen molar-refractivity contribution in [2.75, 3.05) is 6.61 Å². The predicted octanol–water partition coefficient (Wildman–Crippen LogP) is 0.923. The van der Waals surface area contributed by atoms with Crippen LogP contribution < -0.4 is 0 Å². The van der Waals surface area contributed by atoms with E-state index in [0.717, 1.165) is 0 Å². The maximum atomic E-state index is 10.4. The summed E-state index contributed by atoms with van der Waals surface area (Å²) in [5.41, 5.74) is 0.160. The van der Waals surface area contributed by atoms with Crippen molar-refractivity contribution in [1.29, 1.82) is 0 Å². The lowest BCUT2D eigenvalue weighted by molar-refractivity contribution is -0.0473. The molecular formula is C13H15ClN4O3. The summed E-state index contributed by atoms with van der Waals surface area (Å²) in [5, 5.41) is 19.9. The summed E-state index contributed by atoms with van der Waals surface area (Å²) in [5.74, 6) is 0. The number of ether oxygens (including phenoxy) is 1. The first-order valence-electron chi connectivity index (χ1n) is 6.44. The van der Waals surface area contributed by atoms with Crippen LogP contribution in [0.3, 0.4) is 0 Å². The van der Waals surface area contributed by atoms with Gasteiger partial charge in [0.1, 0.15) is 24.2 Å². The van der Waals surface area contributed by atoms with E-state index in [1.54, 1.807) is 17.6 Å². The number of aliphatic hydroxyl groups excluding tert-OH is 2. The van der Waals surface area contributed by atoms with Gasteiger partial charge < -0.3 is 14.9 Å². The van der Waals surface area contributed by atoms with E-state index >= 15 is 0 Å². The van der Waals surface area contributed by atoms with Crippen LogP contribution in [0, 0.1) is 5.41 Å². The molecule has 0 aromatic carbocycles. The third-order valence-electron chi connectivity index (χ3n) is 4.01. The van der Waals surface area contributed by atoms with Crippen molar-refractivity contribution >= 4 is 22.8 Å². The summed E-state index contributed by atoms with van der Waals surface area (Å²) in [7, 11) is 0. The Labute approximate surface area is 125 Å². The molecule has 4 atom stereocenters. The summed E-state index contributed by atoms with van der Waals surface area (Å²) in [6.07, 6.45) is 2.30. The van der Waals surface area contributed by atoms with Crippen LogP contribution in [-0.2, 0) is 4.74 Å². The number of rotatable bonds is 3. The maximum Gasteiger partial charge on any atom is 0.166 e. The zero-order chi connectivity index (χ0) is 15.2. The first-order valence-corrected chi connectivity index (χ1v) is 6.81. The van der Waals surface area contributed by atoms with Crippen molar-refractivity contribution in [2.45, 2.75) is 25.4 Å². The number of nitrogens with zero attached hydrogens (tertiary/aromatic N) is 4. The second-order valence-electron chi connectivity index (χ2n) is 5.21. The fraction of sp³-hybridized carbons (Fsp3) is 0.462. The highest BCUT2D eigenvalue weighted by atomic mass is 35.5. The standard InChI is InChI=1S/C13H15ClN4O3/c1-3-13(2)9(20)7(4-19)21-12(13)18-6-17-8-10(14)15-5-16-11(8)18/h3,5-7,9,12,19-20H,1,4H2,2H3/t7-,9?,12-,13?/m1/s1. The van der Waals surface area contributed by atoms with Crippen LogP contribution in [0.1, 0.15) is 13.2 Å². The molecule has 1 aliphatic rings. The van der Waals surface area contributed by atoms with Gasteiger partial charge in [-0.2, -0.15) is 0 Å². The van der Waals surface area contributed by atoms with Gasteiger partial charge in [-0.05, 0) is 6.92 Å². The zero-order valence-corrected chi connectivity index (χ0v) is 12.1. The number of aromatic nitrogens is 4. The zero-order valence-electron chi connectivity index (χ0n) is 11.3. The van der Waals surface area contributed by atoms with Gasteiger partial charge in [0.05, 0.1) is 24.5 Å². The molecule has 2 aromatic heterocycles. The third kappa shape index (κ3) is 1.96. The highest BCUT2D eigenvalue weighted by Crippen LogP contribution is 2.46. The van der Waals surface area contributed by atoms with Gasteiger partial charge in [0.2, 0.25) is 0 Å². The lowest BCUT2D eigenvalue weighted by atomic mass is 9.82. The molecule has 112 valence electrons. The summed E-state index contributed by atoms with van der Waals surface area (Å²) in [6, 6.07) is 0.